The number of nitrogens with zero attached hydrogens (tertiary/aromatic N) is 1. The van der Waals surface area contributed by atoms with E-state index in [0.29, 0.717) is 12.5 Å². The lowest BCUT2D eigenvalue weighted by Crippen LogP contribution is -2.35. The summed E-state index contributed by atoms with van der Waals surface area (Å²) in [6.45, 7) is 0.634. The highest BCUT2D eigenvalue weighted by molar-refractivity contribution is 7.81. The van der Waals surface area contributed by atoms with Crippen molar-refractivity contribution in [1.29, 1.82) is 0 Å². The van der Waals surface area contributed by atoms with Gasteiger partial charge < -0.3 is 0 Å². The highest BCUT2D eigenvalue weighted by Crippen LogP contribution is 2.26. The molecule has 0 aromatic carbocycles. The maximum Gasteiger partial charge on any atom is 0.242 e. The molecule has 1 aliphatic heterocycles. The van der Waals surface area contributed by atoms with Crippen molar-refractivity contribution < 1.29 is 9.59 Å². The van der Waals surface area contributed by atoms with Crippen molar-refractivity contribution in [2.75, 3.05) is 6.54 Å². The van der Waals surface area contributed by atoms with Gasteiger partial charge in [-0.2, -0.15) is 12.6 Å². The summed E-state index contributed by atoms with van der Waals surface area (Å²) in [7, 11) is 0. The van der Waals surface area contributed by atoms with Gasteiger partial charge in [-0.15, -0.1) is 0 Å². The predicted octanol–water partition coefficient (Wildman–Crippen LogP) is 2.01. The van der Waals surface area contributed by atoms with Crippen molar-refractivity contribution in [2.24, 2.45) is 5.92 Å². The van der Waals surface area contributed by atoms with Crippen molar-refractivity contribution in [3.8, 4) is 0 Å². The van der Waals surface area contributed by atoms with E-state index in [9.17, 15) is 9.59 Å². The second kappa shape index (κ2) is 5.21. The van der Waals surface area contributed by atoms with Gasteiger partial charge in [0.1, 0.15) is 0 Å². The standard InChI is InChI=1S/C12H19NO2S/c14-11-7-10(16)12(15)13(11)8-9-5-3-1-2-4-6-9/h9-10,16H,1-8H2. The smallest absolute Gasteiger partial charge is 0.242 e. The summed E-state index contributed by atoms with van der Waals surface area (Å²) in [5.74, 6) is 0.404. The first-order valence-corrected chi connectivity index (χ1v) is 6.72. The third-order valence-corrected chi connectivity index (χ3v) is 4.04. The Morgan fingerprint density at radius 2 is 1.75 bits per heavy atom. The molecule has 0 N–H and O–H groups in total. The molecule has 2 rings (SSSR count). The fourth-order valence-electron chi connectivity index (χ4n) is 2.66. The minimum absolute atomic E-state index is 0.0331. The van der Waals surface area contributed by atoms with Crippen LogP contribution >= 0.6 is 12.6 Å². The monoisotopic (exact) mass is 241 g/mol. The van der Waals surface area contributed by atoms with Crippen LogP contribution in [-0.4, -0.2) is 28.5 Å². The number of rotatable bonds is 2. The van der Waals surface area contributed by atoms with Gasteiger partial charge >= 0.3 is 0 Å². The molecular weight excluding hydrogens is 222 g/mol. The van der Waals surface area contributed by atoms with Crippen molar-refractivity contribution in [2.45, 2.75) is 50.2 Å². The van der Waals surface area contributed by atoms with Gasteiger partial charge in [0.05, 0.1) is 5.25 Å². The number of hydrogen-bond donors (Lipinski definition) is 1. The number of hydrogen-bond acceptors (Lipinski definition) is 3. The van der Waals surface area contributed by atoms with Gasteiger partial charge in [0, 0.05) is 13.0 Å². The molecule has 2 amide bonds. The van der Waals surface area contributed by atoms with Gasteiger partial charge in [-0.05, 0) is 18.8 Å². The van der Waals surface area contributed by atoms with E-state index >= 15 is 0 Å². The van der Waals surface area contributed by atoms with Gasteiger partial charge in [-0.1, -0.05) is 25.7 Å². The maximum atomic E-state index is 11.7. The molecule has 1 atom stereocenters. The first-order valence-electron chi connectivity index (χ1n) is 6.21. The van der Waals surface area contributed by atoms with Gasteiger partial charge in [-0.25, -0.2) is 0 Å². The molecule has 4 heteroatoms. The third kappa shape index (κ3) is 2.59. The number of carbonyl (C=O) groups excluding carboxylic acids is 2. The lowest BCUT2D eigenvalue weighted by Gasteiger charge is -2.21. The van der Waals surface area contributed by atoms with Crippen LogP contribution in [0.25, 0.3) is 0 Å². The van der Waals surface area contributed by atoms with Crippen LogP contribution in [-0.2, 0) is 9.59 Å². The molecule has 1 heterocycles. The van der Waals surface area contributed by atoms with Crippen LogP contribution in [0.4, 0.5) is 0 Å². The zero-order valence-electron chi connectivity index (χ0n) is 9.52. The Hall–Kier alpha value is -0.510. The van der Waals surface area contributed by atoms with Gasteiger partial charge in [0.25, 0.3) is 0 Å². The topological polar surface area (TPSA) is 37.4 Å². The minimum atomic E-state index is -0.390. The quantitative estimate of drug-likeness (QED) is 0.456. The lowest BCUT2D eigenvalue weighted by atomic mass is 10.00. The number of amides is 2. The molecule has 1 unspecified atom stereocenters. The number of likely N-dealkylation sites (tertiary alicyclic amines) is 1. The number of thiol groups is 1. The summed E-state index contributed by atoms with van der Waals surface area (Å²) in [6, 6.07) is 0. The molecular formula is C12H19NO2S. The highest BCUT2D eigenvalue weighted by Gasteiger charge is 2.37. The van der Waals surface area contributed by atoms with E-state index in [-0.39, 0.29) is 18.2 Å². The minimum Gasteiger partial charge on any atom is -0.281 e. The zero-order chi connectivity index (χ0) is 11.5. The summed E-state index contributed by atoms with van der Waals surface area (Å²) in [4.78, 5) is 24.8. The first kappa shape index (κ1) is 12.0. The molecule has 0 aromatic heterocycles. The Morgan fingerprint density at radius 3 is 2.25 bits per heavy atom. The largest absolute Gasteiger partial charge is 0.281 e. The average molecular weight is 241 g/mol. The summed E-state index contributed by atoms with van der Waals surface area (Å²) in [5, 5.41) is -0.390. The number of carbonyl (C=O) groups is 2. The van der Waals surface area contributed by atoms with Crippen LogP contribution in [0, 0.1) is 5.92 Å². The van der Waals surface area contributed by atoms with E-state index in [1.807, 2.05) is 0 Å². The SMILES string of the molecule is O=C1CC(S)C(=O)N1CC1CCCCCC1. The van der Waals surface area contributed by atoms with Crippen LogP contribution in [0.2, 0.25) is 0 Å². The molecule has 1 aliphatic carbocycles. The molecule has 1 saturated heterocycles. The van der Waals surface area contributed by atoms with Crippen molar-refractivity contribution in [1.82, 2.24) is 4.90 Å². The Balaban J connectivity index is 1.92. The molecule has 0 bridgehead atoms. The highest BCUT2D eigenvalue weighted by atomic mass is 32.1. The normalized spacial score (nSPS) is 28.6. The fraction of sp³-hybridized carbons (Fsp3) is 0.833. The third-order valence-electron chi connectivity index (χ3n) is 3.64. The van der Waals surface area contributed by atoms with Gasteiger partial charge in [0.15, 0.2) is 0 Å². The Labute approximate surface area is 102 Å². The molecule has 90 valence electrons. The first-order chi connectivity index (χ1) is 7.68. The van der Waals surface area contributed by atoms with Gasteiger partial charge in [0.2, 0.25) is 11.8 Å². The molecule has 3 nitrogen and oxygen atoms in total. The molecule has 2 fully saturated rings. The predicted molar refractivity (Wildman–Crippen MR) is 65.3 cm³/mol. The second-order valence-corrected chi connectivity index (χ2v) is 5.54. The van der Waals surface area contributed by atoms with Crippen LogP contribution in [0.5, 0.6) is 0 Å². The van der Waals surface area contributed by atoms with Crippen LogP contribution < -0.4 is 0 Å². The molecule has 0 spiro atoms. The average Bonchev–Trinajstić information content (AvgIpc) is 2.51. The van der Waals surface area contributed by atoms with E-state index in [1.165, 1.54) is 30.6 Å². The molecule has 1 saturated carbocycles. The van der Waals surface area contributed by atoms with E-state index in [2.05, 4.69) is 12.6 Å². The Morgan fingerprint density at radius 1 is 1.12 bits per heavy atom. The molecule has 0 radical (unpaired) electrons. The summed E-state index contributed by atoms with van der Waals surface area (Å²) in [6.07, 6.45) is 7.69. The fourth-order valence-corrected chi connectivity index (χ4v) is 2.96. The Kier molecular flexibility index (Phi) is 3.90. The summed E-state index contributed by atoms with van der Waals surface area (Å²) < 4.78 is 0. The van der Waals surface area contributed by atoms with Crippen LogP contribution in [0.1, 0.15) is 44.9 Å². The van der Waals surface area contributed by atoms with Crippen LogP contribution in [0.15, 0.2) is 0 Å². The van der Waals surface area contributed by atoms with Gasteiger partial charge in [-0.3, -0.25) is 14.5 Å². The van der Waals surface area contributed by atoms with E-state index < -0.39 is 5.25 Å². The van der Waals surface area contributed by atoms with Crippen molar-refractivity contribution in [3.63, 3.8) is 0 Å². The molecule has 0 aromatic rings. The maximum absolute atomic E-state index is 11.7. The van der Waals surface area contributed by atoms with E-state index in [0.717, 1.165) is 12.8 Å². The van der Waals surface area contributed by atoms with Crippen LogP contribution in [0.3, 0.4) is 0 Å². The molecule has 2 aliphatic rings. The lowest BCUT2D eigenvalue weighted by molar-refractivity contribution is -0.139. The van der Waals surface area contributed by atoms with Crippen molar-refractivity contribution in [3.05, 3.63) is 0 Å². The van der Waals surface area contributed by atoms with E-state index in [4.69, 9.17) is 0 Å². The summed E-state index contributed by atoms with van der Waals surface area (Å²) in [5.41, 5.74) is 0. The van der Waals surface area contributed by atoms with Crippen molar-refractivity contribution >= 4 is 24.4 Å². The van der Waals surface area contributed by atoms with E-state index in [1.54, 1.807) is 0 Å². The second-order valence-electron chi connectivity index (χ2n) is 4.92. The molecule has 16 heavy (non-hydrogen) atoms. The zero-order valence-corrected chi connectivity index (χ0v) is 10.4. The number of imide groups is 1. The Bertz CT molecular complexity index is 285. The summed E-state index contributed by atoms with van der Waals surface area (Å²) >= 11 is 4.13.